The Morgan fingerprint density at radius 1 is 0.937 bits per heavy atom. The molecule has 6 amide bonds. The second kappa shape index (κ2) is 17.6. The summed E-state index contributed by atoms with van der Waals surface area (Å²) in [6, 6.07) is 12.9. The molecule has 5 aliphatic rings. The second-order valence-electron chi connectivity index (χ2n) is 16.3. The number of benzene rings is 2. The first-order valence-electron chi connectivity index (χ1n) is 21.2. The number of nitrogens with one attached hydrogen (secondary N) is 3. The highest BCUT2D eigenvalue weighted by Gasteiger charge is 2.46. The van der Waals surface area contributed by atoms with Gasteiger partial charge in [0.05, 0.1) is 40.7 Å². The first-order valence-corrected chi connectivity index (χ1v) is 22.1. The lowest BCUT2D eigenvalue weighted by Crippen LogP contribution is -2.54. The van der Waals surface area contributed by atoms with E-state index >= 15 is 4.39 Å². The van der Waals surface area contributed by atoms with Gasteiger partial charge in [0, 0.05) is 68.7 Å². The second-order valence-corrected chi connectivity index (χ2v) is 17.4. The number of piperidine rings is 2. The number of nitrogens with zero attached hydrogens (tertiary/aromatic N) is 6. The van der Waals surface area contributed by atoms with Crippen molar-refractivity contribution in [3.05, 3.63) is 87.5 Å². The summed E-state index contributed by atoms with van der Waals surface area (Å²) in [7, 11) is 1.49. The first-order chi connectivity index (χ1) is 30.5. The maximum atomic E-state index is 15.1. The Labute approximate surface area is 366 Å². The van der Waals surface area contributed by atoms with Crippen molar-refractivity contribution in [2.75, 3.05) is 66.8 Å². The number of hydrogen-bond donors (Lipinski definition) is 3. The van der Waals surface area contributed by atoms with Crippen molar-refractivity contribution < 1.29 is 37.9 Å². The summed E-state index contributed by atoms with van der Waals surface area (Å²) < 4.78 is 20.6. The molecule has 2 aromatic carbocycles. The van der Waals surface area contributed by atoms with Crippen LogP contribution in [0.2, 0.25) is 0 Å². The molecule has 3 fully saturated rings. The van der Waals surface area contributed by atoms with Crippen LogP contribution in [0.5, 0.6) is 5.75 Å². The molecule has 16 nitrogen and oxygen atoms in total. The zero-order valence-corrected chi connectivity index (χ0v) is 35.5. The Bertz CT molecular complexity index is 2550. The van der Waals surface area contributed by atoms with Gasteiger partial charge < -0.3 is 30.1 Å². The Morgan fingerprint density at radius 3 is 2.49 bits per heavy atom. The monoisotopic (exact) mass is 875 g/mol. The number of aromatic nitrogens is 2. The van der Waals surface area contributed by atoms with E-state index in [0.29, 0.717) is 92.2 Å². The van der Waals surface area contributed by atoms with Crippen molar-refractivity contribution in [2.24, 2.45) is 5.92 Å². The molecule has 3 N–H and O–H groups in total. The van der Waals surface area contributed by atoms with Crippen LogP contribution in [0.4, 0.5) is 33.2 Å². The van der Waals surface area contributed by atoms with E-state index in [9.17, 15) is 28.8 Å². The van der Waals surface area contributed by atoms with E-state index in [4.69, 9.17) is 4.74 Å². The minimum atomic E-state index is -1.03. The van der Waals surface area contributed by atoms with Gasteiger partial charge >= 0.3 is 0 Å². The molecule has 9 rings (SSSR count). The Morgan fingerprint density at radius 2 is 1.75 bits per heavy atom. The number of carbonyl (C=O) groups excluding carboxylic acids is 6. The zero-order valence-electron chi connectivity index (χ0n) is 34.7. The van der Waals surface area contributed by atoms with Gasteiger partial charge in [0.15, 0.2) is 11.6 Å². The molecule has 326 valence electrons. The average Bonchev–Trinajstić information content (AvgIpc) is 4.07. The van der Waals surface area contributed by atoms with Gasteiger partial charge in [-0.2, -0.15) is 4.98 Å². The predicted octanol–water partition coefficient (Wildman–Crippen LogP) is 5.61. The predicted molar refractivity (Wildman–Crippen MR) is 234 cm³/mol. The van der Waals surface area contributed by atoms with Crippen molar-refractivity contribution in [3.63, 3.8) is 0 Å². The molecule has 4 aliphatic heterocycles. The highest BCUT2D eigenvalue weighted by molar-refractivity contribution is 7.15. The number of rotatable bonds is 11. The molecule has 6 heterocycles. The summed E-state index contributed by atoms with van der Waals surface area (Å²) in [6.45, 7) is 3.00. The van der Waals surface area contributed by atoms with Gasteiger partial charge in [0.25, 0.3) is 17.7 Å². The minimum Gasteiger partial charge on any atom is -0.494 e. The number of piperazine rings is 1. The Hall–Kier alpha value is -6.69. The molecular formula is C45H46FN9O7S. The van der Waals surface area contributed by atoms with Gasteiger partial charge in [-0.1, -0.05) is 12.1 Å². The number of amides is 6. The molecule has 2 aromatic heterocycles. The molecule has 0 spiro atoms. The Kier molecular flexibility index (Phi) is 11.6. The van der Waals surface area contributed by atoms with E-state index in [1.54, 1.807) is 36.4 Å². The Balaban J connectivity index is 0.764. The average molecular weight is 876 g/mol. The van der Waals surface area contributed by atoms with Crippen LogP contribution < -0.4 is 30.5 Å². The number of halogens is 1. The molecule has 0 radical (unpaired) electrons. The molecule has 63 heavy (non-hydrogen) atoms. The van der Waals surface area contributed by atoms with Gasteiger partial charge in [0.1, 0.15) is 11.8 Å². The lowest BCUT2D eigenvalue weighted by atomic mass is 9.92. The maximum Gasteiger partial charge on any atom is 0.265 e. The lowest BCUT2D eigenvalue weighted by Gasteiger charge is -2.37. The summed E-state index contributed by atoms with van der Waals surface area (Å²) in [6.07, 6.45) is 8.50. The van der Waals surface area contributed by atoms with Crippen LogP contribution in [-0.2, 0) is 14.4 Å². The highest BCUT2D eigenvalue weighted by Crippen LogP contribution is 2.37. The van der Waals surface area contributed by atoms with Crippen molar-refractivity contribution >= 4 is 81.2 Å². The summed E-state index contributed by atoms with van der Waals surface area (Å²) in [5, 5.41) is 8.18. The standard InChI is InChI=1S/C45H46FN9O7S/c1-62-34-24-28(9-10-31(34)49-42(59)36-13-12-35(63-36)27-5-2-3-6-27)48-40-30(46)25-47-45(51-40)54-21-19-53(20-22-54)38(57)23-26-15-17-52(18-16-26)32-8-4-7-29-39(32)44(61)55(43(29)60)33-11-14-37(56)50-41(33)58/h4-5,7-10,12-13,24-26,33H,2-3,6,11,14-23H2,1H3,(H,49,59)(H,47,48,51)(H,50,56,58). The smallest absolute Gasteiger partial charge is 0.265 e. The first kappa shape index (κ1) is 41.7. The summed E-state index contributed by atoms with van der Waals surface area (Å²) >= 11 is 1.46. The van der Waals surface area contributed by atoms with Crippen LogP contribution in [-0.4, -0.2) is 108 Å². The number of ether oxygens (including phenoxy) is 1. The number of carbonyl (C=O) groups is 6. The quantitative estimate of drug-likeness (QED) is 0.159. The molecule has 1 unspecified atom stereocenters. The number of methoxy groups -OCH3 is 1. The van der Waals surface area contributed by atoms with Crippen LogP contribution in [0.1, 0.15) is 86.6 Å². The van der Waals surface area contributed by atoms with Gasteiger partial charge in [-0.25, -0.2) is 9.37 Å². The normalized spacial score (nSPS) is 19.3. The molecule has 4 aromatic rings. The fourth-order valence-corrected chi connectivity index (χ4v) is 9.96. The summed E-state index contributed by atoms with van der Waals surface area (Å²) in [5.41, 5.74) is 3.39. The van der Waals surface area contributed by atoms with E-state index < -0.39 is 35.5 Å². The fraction of sp³-hybridized carbons (Fsp3) is 0.378. The van der Waals surface area contributed by atoms with E-state index in [1.165, 1.54) is 24.0 Å². The number of imide groups is 2. The van der Waals surface area contributed by atoms with Crippen LogP contribution in [0.3, 0.4) is 0 Å². The number of thiophene rings is 1. The fourth-order valence-electron chi connectivity index (χ4n) is 8.99. The molecule has 3 saturated heterocycles. The molecule has 1 aliphatic carbocycles. The van der Waals surface area contributed by atoms with Crippen LogP contribution >= 0.6 is 11.3 Å². The number of fused-ring (bicyclic) bond motifs is 1. The number of hydrogen-bond acceptors (Lipinski definition) is 13. The van der Waals surface area contributed by atoms with Gasteiger partial charge in [0.2, 0.25) is 23.7 Å². The third-order valence-corrected chi connectivity index (χ3v) is 13.6. The summed E-state index contributed by atoms with van der Waals surface area (Å²) in [5.74, 6) is -2.18. The number of anilines is 5. The van der Waals surface area contributed by atoms with Gasteiger partial charge in [-0.15, -0.1) is 11.3 Å². The highest BCUT2D eigenvalue weighted by atomic mass is 32.1. The van der Waals surface area contributed by atoms with Crippen LogP contribution in [0.15, 0.2) is 60.8 Å². The molecular weight excluding hydrogens is 830 g/mol. The van der Waals surface area contributed by atoms with Crippen LogP contribution in [0.25, 0.3) is 5.57 Å². The van der Waals surface area contributed by atoms with Crippen molar-refractivity contribution in [1.29, 1.82) is 0 Å². The largest absolute Gasteiger partial charge is 0.494 e. The molecule has 18 heteroatoms. The van der Waals surface area contributed by atoms with E-state index in [2.05, 4.69) is 36.9 Å². The van der Waals surface area contributed by atoms with Crippen molar-refractivity contribution in [3.8, 4) is 5.75 Å². The molecule has 0 bridgehead atoms. The molecule has 0 saturated carbocycles. The third-order valence-electron chi connectivity index (χ3n) is 12.4. The molecule has 1 atom stereocenters. The van der Waals surface area contributed by atoms with Gasteiger partial charge in [-0.05, 0) is 86.4 Å². The lowest BCUT2D eigenvalue weighted by molar-refractivity contribution is -0.136. The minimum absolute atomic E-state index is 0.0286. The SMILES string of the molecule is COc1cc(Nc2nc(N3CCN(C(=O)CC4CCN(c5cccc6c5C(=O)N(C5CCC(=O)NC5=O)C6=O)CC4)CC3)ncc2F)ccc1NC(=O)c1ccc(C2=CCCC2)s1. The van der Waals surface area contributed by atoms with E-state index in [0.717, 1.165) is 35.2 Å². The van der Waals surface area contributed by atoms with E-state index in [-0.39, 0.29) is 47.5 Å². The van der Waals surface area contributed by atoms with Gasteiger partial charge in [-0.3, -0.25) is 39.0 Å². The topological polar surface area (TPSA) is 186 Å². The van der Waals surface area contributed by atoms with E-state index in [1.807, 2.05) is 21.9 Å². The zero-order chi connectivity index (χ0) is 43.8. The van der Waals surface area contributed by atoms with Crippen molar-refractivity contribution in [2.45, 2.75) is 57.4 Å². The maximum absolute atomic E-state index is 15.1. The van der Waals surface area contributed by atoms with Crippen molar-refractivity contribution in [1.82, 2.24) is 25.1 Å². The summed E-state index contributed by atoms with van der Waals surface area (Å²) in [4.78, 5) is 95.1. The van der Waals surface area contributed by atoms with Crippen LogP contribution in [0, 0.1) is 11.7 Å². The third kappa shape index (κ3) is 8.46. The number of allylic oxidation sites excluding steroid dienone is 2.